The van der Waals surface area contributed by atoms with Gasteiger partial charge in [-0.3, -0.25) is 4.79 Å². The lowest BCUT2D eigenvalue weighted by atomic mass is 10.2. The third kappa shape index (κ3) is 3.47. The van der Waals surface area contributed by atoms with Gasteiger partial charge in [0, 0.05) is 16.6 Å². The Morgan fingerprint density at radius 3 is 2.93 bits per heavy atom. The SMILES string of the molecule is C[C@@H](O)CNC(=O)c1cccc(Br)c1. The summed E-state index contributed by atoms with van der Waals surface area (Å²) in [7, 11) is 0. The van der Waals surface area contributed by atoms with Gasteiger partial charge in [0.2, 0.25) is 0 Å². The molecule has 0 aliphatic carbocycles. The summed E-state index contributed by atoms with van der Waals surface area (Å²) >= 11 is 3.28. The van der Waals surface area contributed by atoms with Gasteiger partial charge in [0.25, 0.3) is 5.91 Å². The summed E-state index contributed by atoms with van der Waals surface area (Å²) < 4.78 is 0.863. The Bertz CT molecular complexity index is 326. The van der Waals surface area contributed by atoms with E-state index in [2.05, 4.69) is 21.2 Å². The maximum absolute atomic E-state index is 11.5. The maximum Gasteiger partial charge on any atom is 0.251 e. The van der Waals surface area contributed by atoms with Crippen molar-refractivity contribution in [2.45, 2.75) is 13.0 Å². The molecular weight excluding hydrogens is 246 g/mol. The third-order valence-corrected chi connectivity index (χ3v) is 2.14. The summed E-state index contributed by atoms with van der Waals surface area (Å²) in [4.78, 5) is 11.5. The van der Waals surface area contributed by atoms with Crippen LogP contribution in [0.1, 0.15) is 17.3 Å². The molecule has 1 aromatic rings. The van der Waals surface area contributed by atoms with Crippen molar-refractivity contribution in [3.63, 3.8) is 0 Å². The molecule has 0 fully saturated rings. The molecule has 1 aromatic carbocycles. The highest BCUT2D eigenvalue weighted by Crippen LogP contribution is 2.11. The highest BCUT2D eigenvalue weighted by molar-refractivity contribution is 9.10. The van der Waals surface area contributed by atoms with E-state index in [1.165, 1.54) is 0 Å². The average molecular weight is 258 g/mol. The molecular formula is C10H12BrNO2. The number of aliphatic hydroxyl groups is 1. The van der Waals surface area contributed by atoms with Gasteiger partial charge in [-0.25, -0.2) is 0 Å². The van der Waals surface area contributed by atoms with Crippen LogP contribution in [0.3, 0.4) is 0 Å². The number of rotatable bonds is 3. The molecule has 0 unspecified atom stereocenters. The zero-order valence-electron chi connectivity index (χ0n) is 7.83. The minimum Gasteiger partial charge on any atom is -0.392 e. The normalized spacial score (nSPS) is 12.2. The predicted octanol–water partition coefficient (Wildman–Crippen LogP) is 1.56. The van der Waals surface area contributed by atoms with E-state index in [0.717, 1.165) is 4.47 Å². The van der Waals surface area contributed by atoms with E-state index < -0.39 is 6.10 Å². The van der Waals surface area contributed by atoms with Crippen LogP contribution in [0.2, 0.25) is 0 Å². The molecule has 0 bridgehead atoms. The highest BCUT2D eigenvalue weighted by Gasteiger charge is 2.05. The average Bonchev–Trinajstić information content (AvgIpc) is 2.14. The second kappa shape index (κ2) is 5.12. The molecule has 0 radical (unpaired) electrons. The number of nitrogens with one attached hydrogen (secondary N) is 1. The van der Waals surface area contributed by atoms with Crippen LogP contribution in [0.5, 0.6) is 0 Å². The molecule has 14 heavy (non-hydrogen) atoms. The quantitative estimate of drug-likeness (QED) is 0.864. The van der Waals surface area contributed by atoms with Gasteiger partial charge >= 0.3 is 0 Å². The van der Waals surface area contributed by atoms with Crippen LogP contribution in [-0.2, 0) is 0 Å². The Labute approximate surface area is 91.3 Å². The molecule has 0 saturated carbocycles. The minimum atomic E-state index is -0.522. The summed E-state index contributed by atoms with van der Waals surface area (Å²) in [5, 5.41) is 11.6. The number of hydrogen-bond acceptors (Lipinski definition) is 2. The van der Waals surface area contributed by atoms with E-state index in [0.29, 0.717) is 5.56 Å². The largest absolute Gasteiger partial charge is 0.392 e. The second-order valence-electron chi connectivity index (χ2n) is 3.07. The molecule has 2 N–H and O–H groups in total. The van der Waals surface area contributed by atoms with Gasteiger partial charge < -0.3 is 10.4 Å². The van der Waals surface area contributed by atoms with Gasteiger partial charge in [0.05, 0.1) is 6.10 Å². The lowest BCUT2D eigenvalue weighted by Gasteiger charge is -2.06. The van der Waals surface area contributed by atoms with Gasteiger partial charge in [0.15, 0.2) is 0 Å². The van der Waals surface area contributed by atoms with Crippen LogP contribution in [0.25, 0.3) is 0 Å². The number of benzene rings is 1. The van der Waals surface area contributed by atoms with Gasteiger partial charge in [0.1, 0.15) is 0 Å². The summed E-state index contributed by atoms with van der Waals surface area (Å²) in [5.41, 5.74) is 0.583. The van der Waals surface area contributed by atoms with Crippen LogP contribution >= 0.6 is 15.9 Å². The Balaban J connectivity index is 2.61. The molecule has 1 amide bonds. The molecule has 3 nitrogen and oxygen atoms in total. The molecule has 1 atom stereocenters. The molecule has 0 aromatic heterocycles. The number of carbonyl (C=O) groups is 1. The van der Waals surface area contributed by atoms with Crippen LogP contribution in [0, 0.1) is 0 Å². The van der Waals surface area contributed by atoms with Gasteiger partial charge in [-0.2, -0.15) is 0 Å². The smallest absolute Gasteiger partial charge is 0.251 e. The molecule has 0 aliphatic rings. The Hall–Kier alpha value is -0.870. The lowest BCUT2D eigenvalue weighted by Crippen LogP contribution is -2.30. The number of amides is 1. The fraction of sp³-hybridized carbons (Fsp3) is 0.300. The summed E-state index contributed by atoms with van der Waals surface area (Å²) in [6.45, 7) is 1.90. The highest BCUT2D eigenvalue weighted by atomic mass is 79.9. The van der Waals surface area contributed by atoms with Crippen molar-refractivity contribution in [1.82, 2.24) is 5.32 Å². The molecule has 0 saturated heterocycles. The number of halogens is 1. The Kier molecular flexibility index (Phi) is 4.10. The molecule has 1 rings (SSSR count). The van der Waals surface area contributed by atoms with Crippen molar-refractivity contribution in [2.24, 2.45) is 0 Å². The zero-order chi connectivity index (χ0) is 10.6. The number of carbonyl (C=O) groups excluding carboxylic acids is 1. The molecule has 4 heteroatoms. The lowest BCUT2D eigenvalue weighted by molar-refractivity contribution is 0.0924. The monoisotopic (exact) mass is 257 g/mol. The first-order chi connectivity index (χ1) is 6.59. The van der Waals surface area contributed by atoms with E-state index in [1.807, 2.05) is 6.07 Å². The van der Waals surface area contributed by atoms with Crippen molar-refractivity contribution in [1.29, 1.82) is 0 Å². The van der Waals surface area contributed by atoms with Gasteiger partial charge in [-0.05, 0) is 25.1 Å². The van der Waals surface area contributed by atoms with Crippen molar-refractivity contribution < 1.29 is 9.90 Å². The van der Waals surface area contributed by atoms with Crippen molar-refractivity contribution in [3.8, 4) is 0 Å². The van der Waals surface area contributed by atoms with Gasteiger partial charge in [-0.15, -0.1) is 0 Å². The summed E-state index contributed by atoms with van der Waals surface area (Å²) in [6.07, 6.45) is -0.522. The Morgan fingerprint density at radius 2 is 2.36 bits per heavy atom. The van der Waals surface area contributed by atoms with Crippen molar-refractivity contribution >= 4 is 21.8 Å². The fourth-order valence-electron chi connectivity index (χ4n) is 0.972. The molecule has 0 spiro atoms. The first kappa shape index (κ1) is 11.2. The molecule has 76 valence electrons. The molecule has 0 aliphatic heterocycles. The van der Waals surface area contributed by atoms with E-state index in [4.69, 9.17) is 5.11 Å². The summed E-state index contributed by atoms with van der Waals surface area (Å²) in [5.74, 6) is -0.174. The van der Waals surface area contributed by atoms with E-state index in [1.54, 1.807) is 25.1 Å². The van der Waals surface area contributed by atoms with Crippen LogP contribution in [0.4, 0.5) is 0 Å². The number of hydrogen-bond donors (Lipinski definition) is 2. The predicted molar refractivity (Wildman–Crippen MR) is 58.2 cm³/mol. The fourth-order valence-corrected chi connectivity index (χ4v) is 1.37. The van der Waals surface area contributed by atoms with Gasteiger partial charge in [-0.1, -0.05) is 22.0 Å². The minimum absolute atomic E-state index is 0.174. The topological polar surface area (TPSA) is 49.3 Å². The zero-order valence-corrected chi connectivity index (χ0v) is 9.41. The van der Waals surface area contributed by atoms with E-state index in [9.17, 15) is 4.79 Å². The standard InChI is InChI=1S/C10H12BrNO2/c1-7(13)6-12-10(14)8-3-2-4-9(11)5-8/h2-5,7,13H,6H2,1H3,(H,12,14)/t7-/m1/s1. The molecule has 0 heterocycles. The summed E-state index contributed by atoms with van der Waals surface area (Å²) in [6, 6.07) is 7.10. The first-order valence-electron chi connectivity index (χ1n) is 4.31. The first-order valence-corrected chi connectivity index (χ1v) is 5.10. The number of aliphatic hydroxyl groups excluding tert-OH is 1. The Morgan fingerprint density at radius 1 is 1.64 bits per heavy atom. The van der Waals surface area contributed by atoms with E-state index in [-0.39, 0.29) is 12.5 Å². The second-order valence-corrected chi connectivity index (χ2v) is 3.99. The van der Waals surface area contributed by atoms with Crippen molar-refractivity contribution in [2.75, 3.05) is 6.54 Å². The van der Waals surface area contributed by atoms with Crippen molar-refractivity contribution in [3.05, 3.63) is 34.3 Å². The van der Waals surface area contributed by atoms with Crippen LogP contribution in [0.15, 0.2) is 28.7 Å². The third-order valence-electron chi connectivity index (χ3n) is 1.64. The van der Waals surface area contributed by atoms with E-state index >= 15 is 0 Å². The maximum atomic E-state index is 11.5. The van der Waals surface area contributed by atoms with Crippen LogP contribution in [-0.4, -0.2) is 23.7 Å². The van der Waals surface area contributed by atoms with Crippen LogP contribution < -0.4 is 5.32 Å².